The second-order valence-electron chi connectivity index (χ2n) is 11.6. The maximum Gasteiger partial charge on any atom is 0.410 e. The zero-order valence-electron chi connectivity index (χ0n) is 23.0. The lowest BCUT2D eigenvalue weighted by atomic mass is 10.0. The summed E-state index contributed by atoms with van der Waals surface area (Å²) in [5, 5.41) is 3.24. The number of amides is 2. The van der Waals surface area contributed by atoms with Gasteiger partial charge in [-0.15, -0.1) is 0 Å². The molecule has 2 fully saturated rings. The van der Waals surface area contributed by atoms with Crippen molar-refractivity contribution in [2.24, 2.45) is 5.73 Å². The number of ether oxygens (including phenoxy) is 2. The smallest absolute Gasteiger partial charge is 0.410 e. The molecule has 2 aliphatic rings. The molecule has 3 N–H and O–H groups in total. The summed E-state index contributed by atoms with van der Waals surface area (Å²) in [6.45, 7) is 12.5. The molecule has 0 aliphatic carbocycles. The number of nitrogens with zero attached hydrogens (tertiary/aromatic N) is 2. The first-order valence-electron chi connectivity index (χ1n) is 12.9. The predicted octanol–water partition coefficient (Wildman–Crippen LogP) is 4.66. The fourth-order valence-electron chi connectivity index (χ4n) is 3.89. The number of hydrogen-bond acceptors (Lipinski definition) is 6. The quantitative estimate of drug-likeness (QED) is 0.592. The van der Waals surface area contributed by atoms with Gasteiger partial charge in [0.15, 0.2) is 0 Å². The van der Waals surface area contributed by atoms with Crippen LogP contribution in [0.2, 0.25) is 0 Å². The van der Waals surface area contributed by atoms with Crippen molar-refractivity contribution < 1.29 is 29.3 Å². The number of hydrogen-bond donors (Lipinski definition) is 2. The summed E-state index contributed by atoms with van der Waals surface area (Å²) >= 11 is 0. The van der Waals surface area contributed by atoms with Gasteiger partial charge in [-0.2, -0.15) is 0 Å². The zero-order chi connectivity index (χ0) is 27.8. The molecule has 8 nitrogen and oxygen atoms in total. The maximum atomic E-state index is 14.3. The summed E-state index contributed by atoms with van der Waals surface area (Å²) in [4.78, 5) is 26.4. The number of halogens is 2. The van der Waals surface area contributed by atoms with E-state index in [-0.39, 0.29) is 20.6 Å². The van der Waals surface area contributed by atoms with Gasteiger partial charge >= 0.3 is 12.2 Å². The van der Waals surface area contributed by atoms with Crippen molar-refractivity contribution in [2.75, 3.05) is 26.2 Å². The van der Waals surface area contributed by atoms with E-state index in [1.54, 1.807) is 20.8 Å². The van der Waals surface area contributed by atoms with E-state index in [1.165, 1.54) is 9.80 Å². The van der Waals surface area contributed by atoms with Crippen LogP contribution < -0.4 is 11.1 Å². The standard InChI is InChI=1S/C17H25FN2O2.C10H19FN2O2.H2/c1-17(2,3)22-16(21)20-10-9-15(14(18)12-20)19-11-13-7-5-4-6-8-13;1-10(2,3)15-9(14)13-5-4-8(12)7(11)6-13;/h4-8,14-15,19H,9-12H2,1-3H3;7-8H,4-6,12H2,1-3H3;1H/t14-,15+;7-,8+;/m11./s1. The molecule has 0 radical (unpaired) electrons. The summed E-state index contributed by atoms with van der Waals surface area (Å²) in [5.41, 5.74) is 5.55. The highest BCUT2D eigenvalue weighted by atomic mass is 19.1. The Morgan fingerprint density at radius 2 is 1.41 bits per heavy atom. The van der Waals surface area contributed by atoms with Crippen LogP contribution in [-0.4, -0.2) is 83.8 Å². The SMILES string of the molecule is CC(C)(C)OC(=O)N1CC[C@H](N)[C@H](F)C1.CC(C)(C)OC(=O)N1CC[C@H](NCc2ccccc2)[C@H](F)C1.[HH]. The Morgan fingerprint density at radius 3 is 1.86 bits per heavy atom. The number of rotatable bonds is 3. The fourth-order valence-corrected chi connectivity index (χ4v) is 3.89. The monoisotopic (exact) mass is 528 g/mol. The lowest BCUT2D eigenvalue weighted by Crippen LogP contribution is -2.53. The first-order chi connectivity index (χ1) is 17.1. The first kappa shape index (κ1) is 30.8. The molecule has 0 aromatic heterocycles. The van der Waals surface area contributed by atoms with Gasteiger partial charge in [-0.05, 0) is 59.9 Å². The Balaban J connectivity index is 0.000000397. The third-order valence-electron chi connectivity index (χ3n) is 5.85. The Hall–Kier alpha value is -2.46. The second kappa shape index (κ2) is 13.4. The lowest BCUT2D eigenvalue weighted by molar-refractivity contribution is 0.00910. The van der Waals surface area contributed by atoms with E-state index in [1.807, 2.05) is 51.1 Å². The van der Waals surface area contributed by atoms with Crippen molar-refractivity contribution in [3.8, 4) is 0 Å². The van der Waals surface area contributed by atoms with E-state index in [0.29, 0.717) is 32.5 Å². The third kappa shape index (κ3) is 11.2. The van der Waals surface area contributed by atoms with Crippen LogP contribution in [0.3, 0.4) is 0 Å². The van der Waals surface area contributed by atoms with Gasteiger partial charge in [-0.25, -0.2) is 18.4 Å². The van der Waals surface area contributed by atoms with Gasteiger partial charge in [0.25, 0.3) is 0 Å². The van der Waals surface area contributed by atoms with Crippen LogP contribution in [-0.2, 0) is 16.0 Å². The van der Waals surface area contributed by atoms with Crippen molar-refractivity contribution in [1.82, 2.24) is 15.1 Å². The number of nitrogens with two attached hydrogens (primary N) is 1. The Labute approximate surface area is 221 Å². The molecule has 0 spiro atoms. The minimum atomic E-state index is -1.15. The molecule has 37 heavy (non-hydrogen) atoms. The van der Waals surface area contributed by atoms with Gasteiger partial charge in [0.2, 0.25) is 0 Å². The number of carbonyl (C=O) groups excluding carboxylic acids is 2. The second-order valence-corrected chi connectivity index (χ2v) is 11.6. The number of nitrogens with one attached hydrogen (secondary N) is 1. The van der Waals surface area contributed by atoms with Crippen LogP contribution in [0.15, 0.2) is 30.3 Å². The number of alkyl halides is 2. The highest BCUT2D eigenvalue weighted by molar-refractivity contribution is 5.68. The molecular formula is C27H46F2N4O4. The molecule has 0 unspecified atom stereocenters. The minimum Gasteiger partial charge on any atom is -0.444 e. The number of likely N-dealkylation sites (tertiary alicyclic amines) is 2. The van der Waals surface area contributed by atoms with E-state index >= 15 is 0 Å². The number of piperidine rings is 2. The third-order valence-corrected chi connectivity index (χ3v) is 5.85. The van der Waals surface area contributed by atoms with Crippen LogP contribution in [0.4, 0.5) is 18.4 Å². The van der Waals surface area contributed by atoms with Crippen LogP contribution in [0, 0.1) is 0 Å². The average molecular weight is 529 g/mol. The van der Waals surface area contributed by atoms with Gasteiger partial charge in [0.1, 0.15) is 23.5 Å². The minimum absolute atomic E-state index is 0. The molecule has 0 bridgehead atoms. The molecule has 1 aromatic rings. The largest absolute Gasteiger partial charge is 0.444 e. The van der Waals surface area contributed by atoms with E-state index in [4.69, 9.17) is 15.2 Å². The molecule has 0 saturated carbocycles. The predicted molar refractivity (Wildman–Crippen MR) is 142 cm³/mol. The van der Waals surface area contributed by atoms with E-state index in [9.17, 15) is 18.4 Å². The van der Waals surface area contributed by atoms with Gasteiger partial charge in [0.05, 0.1) is 13.1 Å². The molecule has 2 aliphatic heterocycles. The summed E-state index contributed by atoms with van der Waals surface area (Å²) in [6, 6.07) is 9.24. The van der Waals surface area contributed by atoms with Crippen molar-refractivity contribution >= 4 is 12.2 Å². The van der Waals surface area contributed by atoms with Crippen LogP contribution in [0.5, 0.6) is 0 Å². The van der Waals surface area contributed by atoms with E-state index < -0.39 is 41.8 Å². The molecular weight excluding hydrogens is 482 g/mol. The maximum absolute atomic E-state index is 14.3. The van der Waals surface area contributed by atoms with Gasteiger partial charge < -0.3 is 30.3 Å². The van der Waals surface area contributed by atoms with Gasteiger partial charge in [-0.3, -0.25) is 0 Å². The summed E-state index contributed by atoms with van der Waals surface area (Å²) in [6.07, 6.45) is -2.04. The molecule has 212 valence electrons. The Morgan fingerprint density at radius 1 is 0.919 bits per heavy atom. The average Bonchev–Trinajstić information content (AvgIpc) is 2.79. The molecule has 4 atom stereocenters. The van der Waals surface area contributed by atoms with Crippen molar-refractivity contribution in [3.05, 3.63) is 35.9 Å². The molecule has 1 aromatic carbocycles. The van der Waals surface area contributed by atoms with Crippen LogP contribution in [0.1, 0.15) is 61.4 Å². The molecule has 10 heteroatoms. The number of benzene rings is 1. The molecule has 2 heterocycles. The van der Waals surface area contributed by atoms with Crippen LogP contribution >= 0.6 is 0 Å². The summed E-state index contributed by atoms with van der Waals surface area (Å²) in [5.74, 6) is 0. The summed E-state index contributed by atoms with van der Waals surface area (Å²) in [7, 11) is 0. The zero-order valence-corrected chi connectivity index (χ0v) is 23.0. The van der Waals surface area contributed by atoms with E-state index in [2.05, 4.69) is 5.32 Å². The lowest BCUT2D eigenvalue weighted by Gasteiger charge is -2.36. The topological polar surface area (TPSA) is 97.1 Å². The Bertz CT molecular complexity index is 867. The highest BCUT2D eigenvalue weighted by Gasteiger charge is 2.33. The van der Waals surface area contributed by atoms with Crippen molar-refractivity contribution in [2.45, 2.75) is 96.6 Å². The Kier molecular flexibility index (Phi) is 11.1. The normalized spacial score (nSPS) is 24.6. The molecule has 2 saturated heterocycles. The van der Waals surface area contributed by atoms with Crippen molar-refractivity contribution in [1.29, 1.82) is 0 Å². The van der Waals surface area contributed by atoms with Gasteiger partial charge in [0, 0.05) is 33.1 Å². The first-order valence-corrected chi connectivity index (χ1v) is 12.9. The summed E-state index contributed by atoms with van der Waals surface area (Å²) < 4.78 is 38.0. The highest BCUT2D eigenvalue weighted by Crippen LogP contribution is 2.19. The van der Waals surface area contributed by atoms with E-state index in [0.717, 1.165) is 5.56 Å². The number of carbonyl (C=O) groups is 2. The fraction of sp³-hybridized carbons (Fsp3) is 0.704. The van der Waals surface area contributed by atoms with Gasteiger partial charge in [-0.1, -0.05) is 30.3 Å². The molecule has 2 amide bonds. The van der Waals surface area contributed by atoms with Crippen LogP contribution in [0.25, 0.3) is 0 Å². The van der Waals surface area contributed by atoms with Crippen molar-refractivity contribution in [3.63, 3.8) is 0 Å². The molecule has 3 rings (SSSR count).